The normalized spacial score (nSPS) is 25.2. The van der Waals surface area contributed by atoms with Crippen LogP contribution in [0.1, 0.15) is 44.3 Å². The second kappa shape index (κ2) is 4.06. The molecule has 3 N–H and O–H groups in total. The van der Waals surface area contributed by atoms with Crippen LogP contribution < -0.4 is 5.73 Å². The molecule has 0 radical (unpaired) electrons. The molecule has 3 rings (SSSR count). The van der Waals surface area contributed by atoms with Crippen molar-refractivity contribution < 1.29 is 0 Å². The number of nitrogens with two attached hydrogens (primary N) is 1. The monoisotopic (exact) mass is 229 g/mol. The van der Waals surface area contributed by atoms with E-state index < -0.39 is 0 Å². The van der Waals surface area contributed by atoms with Crippen molar-refractivity contribution >= 4 is 16.7 Å². The Kier molecular flexibility index (Phi) is 2.54. The number of hydrogen-bond acceptors (Lipinski definition) is 2. The molecule has 17 heavy (non-hydrogen) atoms. The molecular weight excluding hydrogens is 210 g/mol. The molecule has 0 amide bonds. The molecular formula is C14H19N3. The van der Waals surface area contributed by atoms with Crippen LogP contribution >= 0.6 is 0 Å². The highest BCUT2D eigenvalue weighted by Gasteiger charge is 2.22. The fourth-order valence-electron chi connectivity index (χ4n) is 2.77. The minimum Gasteiger partial charge on any atom is -0.399 e. The highest BCUT2D eigenvalue weighted by Crippen LogP contribution is 2.34. The van der Waals surface area contributed by atoms with Crippen molar-refractivity contribution in [2.75, 3.05) is 5.73 Å². The SMILES string of the molecule is CC1CCC(c2nc3ccc(N)cc3[nH]2)CC1. The van der Waals surface area contributed by atoms with Crippen molar-refractivity contribution in [3.63, 3.8) is 0 Å². The van der Waals surface area contributed by atoms with Crippen molar-refractivity contribution in [1.29, 1.82) is 0 Å². The van der Waals surface area contributed by atoms with Crippen LogP contribution in [-0.4, -0.2) is 9.97 Å². The summed E-state index contributed by atoms with van der Waals surface area (Å²) in [4.78, 5) is 8.12. The summed E-state index contributed by atoms with van der Waals surface area (Å²) < 4.78 is 0. The van der Waals surface area contributed by atoms with Gasteiger partial charge in [0.2, 0.25) is 0 Å². The molecule has 0 bridgehead atoms. The van der Waals surface area contributed by atoms with E-state index in [2.05, 4.69) is 11.9 Å². The van der Waals surface area contributed by atoms with Gasteiger partial charge in [-0.05, 0) is 37.0 Å². The first-order valence-electron chi connectivity index (χ1n) is 6.47. The van der Waals surface area contributed by atoms with Gasteiger partial charge in [-0.15, -0.1) is 0 Å². The number of imidazole rings is 1. The summed E-state index contributed by atoms with van der Waals surface area (Å²) in [6.07, 6.45) is 5.17. The summed E-state index contributed by atoms with van der Waals surface area (Å²) >= 11 is 0. The van der Waals surface area contributed by atoms with Crippen molar-refractivity contribution in [1.82, 2.24) is 9.97 Å². The molecule has 3 nitrogen and oxygen atoms in total. The minimum atomic E-state index is 0.611. The van der Waals surface area contributed by atoms with Gasteiger partial charge in [0.05, 0.1) is 11.0 Å². The van der Waals surface area contributed by atoms with Gasteiger partial charge in [-0.1, -0.05) is 19.8 Å². The number of rotatable bonds is 1. The van der Waals surface area contributed by atoms with Crippen LogP contribution in [0.3, 0.4) is 0 Å². The van der Waals surface area contributed by atoms with E-state index in [1.165, 1.54) is 25.7 Å². The van der Waals surface area contributed by atoms with Crippen LogP contribution in [0.5, 0.6) is 0 Å². The zero-order chi connectivity index (χ0) is 11.8. The highest BCUT2D eigenvalue weighted by atomic mass is 14.9. The lowest BCUT2D eigenvalue weighted by Crippen LogP contribution is -2.11. The summed E-state index contributed by atoms with van der Waals surface area (Å²) in [7, 11) is 0. The first-order chi connectivity index (χ1) is 8.22. The van der Waals surface area contributed by atoms with Gasteiger partial charge in [0, 0.05) is 11.6 Å². The molecule has 1 aliphatic rings. The predicted octanol–water partition coefficient (Wildman–Crippen LogP) is 3.44. The number of nitrogen functional groups attached to an aromatic ring is 1. The number of hydrogen-bond donors (Lipinski definition) is 2. The molecule has 1 saturated carbocycles. The number of fused-ring (bicyclic) bond motifs is 1. The molecule has 1 fully saturated rings. The summed E-state index contributed by atoms with van der Waals surface area (Å²) in [5.74, 6) is 2.64. The van der Waals surface area contributed by atoms with Gasteiger partial charge < -0.3 is 10.7 Å². The predicted molar refractivity (Wildman–Crippen MR) is 70.9 cm³/mol. The average Bonchev–Trinajstić information content (AvgIpc) is 2.72. The fourth-order valence-corrected chi connectivity index (χ4v) is 2.77. The maximum atomic E-state index is 5.78. The van der Waals surface area contributed by atoms with E-state index in [9.17, 15) is 0 Å². The Morgan fingerprint density at radius 1 is 1.24 bits per heavy atom. The number of nitrogens with one attached hydrogen (secondary N) is 1. The van der Waals surface area contributed by atoms with E-state index in [4.69, 9.17) is 10.7 Å². The van der Waals surface area contributed by atoms with Gasteiger partial charge >= 0.3 is 0 Å². The Hall–Kier alpha value is -1.51. The molecule has 2 aromatic rings. The largest absolute Gasteiger partial charge is 0.399 e. The number of nitrogens with zero attached hydrogens (tertiary/aromatic N) is 1. The van der Waals surface area contributed by atoms with Crippen LogP contribution in [-0.2, 0) is 0 Å². The van der Waals surface area contributed by atoms with E-state index >= 15 is 0 Å². The first kappa shape index (κ1) is 10.6. The molecule has 0 saturated heterocycles. The molecule has 3 heteroatoms. The average molecular weight is 229 g/mol. The van der Waals surface area contributed by atoms with E-state index in [-0.39, 0.29) is 0 Å². The molecule has 1 aliphatic carbocycles. The zero-order valence-corrected chi connectivity index (χ0v) is 10.2. The smallest absolute Gasteiger partial charge is 0.110 e. The number of aromatic amines is 1. The summed E-state index contributed by atoms with van der Waals surface area (Å²) in [5.41, 5.74) is 8.68. The number of H-pyrrole nitrogens is 1. The molecule has 0 spiro atoms. The Bertz CT molecular complexity index is 521. The summed E-state index contributed by atoms with van der Waals surface area (Å²) in [6.45, 7) is 2.34. The van der Waals surface area contributed by atoms with E-state index in [0.717, 1.165) is 28.5 Å². The van der Waals surface area contributed by atoms with Crippen LogP contribution in [0.4, 0.5) is 5.69 Å². The topological polar surface area (TPSA) is 54.7 Å². The Balaban J connectivity index is 1.90. The molecule has 90 valence electrons. The third kappa shape index (κ3) is 2.02. The van der Waals surface area contributed by atoms with E-state index in [1.807, 2.05) is 18.2 Å². The second-order valence-electron chi connectivity index (χ2n) is 5.36. The molecule has 0 atom stereocenters. The number of anilines is 1. The summed E-state index contributed by atoms with van der Waals surface area (Å²) in [5, 5.41) is 0. The van der Waals surface area contributed by atoms with Gasteiger partial charge in [0.15, 0.2) is 0 Å². The quantitative estimate of drug-likeness (QED) is 0.736. The van der Waals surface area contributed by atoms with Crippen LogP contribution in [0.25, 0.3) is 11.0 Å². The Labute approximate surface area is 101 Å². The van der Waals surface area contributed by atoms with Gasteiger partial charge in [0.1, 0.15) is 5.82 Å². The molecule has 0 aliphatic heterocycles. The lowest BCUT2D eigenvalue weighted by molar-refractivity contribution is 0.341. The van der Waals surface area contributed by atoms with Crippen molar-refractivity contribution in [2.45, 2.75) is 38.5 Å². The maximum absolute atomic E-state index is 5.78. The van der Waals surface area contributed by atoms with Gasteiger partial charge in [-0.25, -0.2) is 4.98 Å². The van der Waals surface area contributed by atoms with Crippen molar-refractivity contribution in [2.24, 2.45) is 5.92 Å². The first-order valence-corrected chi connectivity index (χ1v) is 6.47. The molecule has 1 aromatic carbocycles. The highest BCUT2D eigenvalue weighted by molar-refractivity contribution is 5.78. The van der Waals surface area contributed by atoms with Gasteiger partial charge in [-0.3, -0.25) is 0 Å². The number of benzene rings is 1. The van der Waals surface area contributed by atoms with Crippen LogP contribution in [0, 0.1) is 5.92 Å². The third-order valence-corrected chi connectivity index (χ3v) is 3.93. The van der Waals surface area contributed by atoms with Gasteiger partial charge in [0.25, 0.3) is 0 Å². The number of aromatic nitrogens is 2. The van der Waals surface area contributed by atoms with Crippen molar-refractivity contribution in [3.8, 4) is 0 Å². The summed E-state index contributed by atoms with van der Waals surface area (Å²) in [6, 6.07) is 5.88. The Morgan fingerprint density at radius 3 is 2.76 bits per heavy atom. The molecule has 1 heterocycles. The third-order valence-electron chi connectivity index (χ3n) is 3.93. The fraction of sp³-hybridized carbons (Fsp3) is 0.500. The standard InChI is InChI=1S/C14H19N3/c1-9-2-4-10(5-3-9)14-16-12-7-6-11(15)8-13(12)17-14/h6-10H,2-5,15H2,1H3,(H,16,17). The lowest BCUT2D eigenvalue weighted by Gasteiger charge is -2.24. The van der Waals surface area contributed by atoms with Crippen LogP contribution in [0.2, 0.25) is 0 Å². The molecule has 0 unspecified atom stereocenters. The van der Waals surface area contributed by atoms with E-state index in [1.54, 1.807) is 0 Å². The maximum Gasteiger partial charge on any atom is 0.110 e. The van der Waals surface area contributed by atoms with Crippen LogP contribution in [0.15, 0.2) is 18.2 Å². The second-order valence-corrected chi connectivity index (χ2v) is 5.36. The van der Waals surface area contributed by atoms with Crippen molar-refractivity contribution in [3.05, 3.63) is 24.0 Å². The van der Waals surface area contributed by atoms with E-state index in [0.29, 0.717) is 5.92 Å². The minimum absolute atomic E-state index is 0.611. The van der Waals surface area contributed by atoms with Gasteiger partial charge in [-0.2, -0.15) is 0 Å². The molecule has 1 aromatic heterocycles. The Morgan fingerprint density at radius 2 is 2.00 bits per heavy atom. The lowest BCUT2D eigenvalue weighted by atomic mass is 9.83. The zero-order valence-electron chi connectivity index (χ0n) is 10.2.